The highest BCUT2D eigenvalue weighted by Crippen LogP contribution is 2.27. The summed E-state index contributed by atoms with van der Waals surface area (Å²) >= 11 is 0. The Hall–Kier alpha value is -2.34. The van der Waals surface area contributed by atoms with Crippen LogP contribution in [-0.4, -0.2) is 41.5 Å². The van der Waals surface area contributed by atoms with E-state index in [1.807, 2.05) is 0 Å². The van der Waals surface area contributed by atoms with Gasteiger partial charge >= 0.3 is 5.95 Å². The molecule has 1 aromatic carbocycles. The lowest BCUT2D eigenvalue weighted by Crippen LogP contribution is -2.46. The third-order valence-electron chi connectivity index (χ3n) is 4.55. The van der Waals surface area contributed by atoms with Gasteiger partial charge in [0, 0.05) is 24.7 Å². The monoisotopic (exact) mass is 313 g/mol. The number of hydrogen-bond acceptors (Lipinski definition) is 5. The summed E-state index contributed by atoms with van der Waals surface area (Å²) in [5.41, 5.74) is 0.642. The van der Waals surface area contributed by atoms with Gasteiger partial charge in [0.05, 0.1) is 0 Å². The average molecular weight is 313 g/mol. The number of fused-ring (bicyclic) bond motifs is 2. The van der Waals surface area contributed by atoms with E-state index in [1.165, 1.54) is 32.1 Å². The zero-order valence-electron chi connectivity index (χ0n) is 12.8. The summed E-state index contributed by atoms with van der Waals surface area (Å²) in [6.07, 6.45) is 5.16. The Morgan fingerprint density at radius 2 is 2.17 bits per heavy atom. The van der Waals surface area contributed by atoms with E-state index < -0.39 is 0 Å². The molecular weight excluding hydrogens is 294 g/mol. The first-order chi connectivity index (χ1) is 11.3. The Morgan fingerprint density at radius 1 is 1.30 bits per heavy atom. The molecule has 1 N–H and O–H groups in total. The molecule has 1 unspecified atom stereocenters. The number of nitrogens with one attached hydrogen (secondary N) is 1. The van der Waals surface area contributed by atoms with E-state index in [1.54, 1.807) is 24.3 Å². The lowest BCUT2D eigenvalue weighted by Gasteiger charge is -2.30. The molecular formula is C17H19N3O3. The van der Waals surface area contributed by atoms with Crippen LogP contribution in [0.2, 0.25) is 0 Å². The fraction of sp³-hybridized carbons (Fsp3) is 0.412. The van der Waals surface area contributed by atoms with E-state index in [9.17, 15) is 4.79 Å². The number of amides is 1. The van der Waals surface area contributed by atoms with E-state index in [2.05, 4.69) is 15.2 Å². The summed E-state index contributed by atoms with van der Waals surface area (Å²) in [5.74, 6) is 1.66. The minimum Gasteiger partial charge on any atom is -0.425 e. The van der Waals surface area contributed by atoms with Gasteiger partial charge in [-0.1, -0.05) is 0 Å². The van der Waals surface area contributed by atoms with Crippen molar-refractivity contribution in [3.63, 3.8) is 0 Å². The average Bonchev–Trinajstić information content (AvgIpc) is 3.18. The van der Waals surface area contributed by atoms with E-state index in [-0.39, 0.29) is 11.9 Å². The van der Waals surface area contributed by atoms with Crippen molar-refractivity contribution in [3.05, 3.63) is 42.4 Å². The maximum atomic E-state index is 12.4. The van der Waals surface area contributed by atoms with E-state index in [0.717, 1.165) is 18.9 Å². The molecule has 4 rings (SSSR count). The quantitative estimate of drug-likeness (QED) is 0.938. The minimum absolute atomic E-state index is 0.0243. The Balaban J connectivity index is 1.36. The van der Waals surface area contributed by atoms with Gasteiger partial charge in [0.25, 0.3) is 5.91 Å². The number of carbonyl (C=O) groups excluding carboxylic acids is 1. The molecule has 0 aliphatic carbocycles. The standard InChI is InChI=1S/C17H19N3O3/c21-17(19-14-7-12-5-6-20(9-12)10-14)13-1-3-15(4-2-13)23-16-8-18-11-22-16/h1-4,8,11-12,14H,5-7,9-10H2,(H,19,21)/t12-,14-/m1/s1. The predicted molar refractivity (Wildman–Crippen MR) is 83.4 cm³/mol. The van der Waals surface area contributed by atoms with Crippen molar-refractivity contribution >= 4 is 5.91 Å². The summed E-state index contributed by atoms with van der Waals surface area (Å²) in [6.45, 7) is 3.33. The number of rotatable bonds is 4. The Kier molecular flexibility index (Phi) is 3.75. The third kappa shape index (κ3) is 3.22. The Bertz CT molecular complexity index is 657. The third-order valence-corrected chi connectivity index (χ3v) is 4.55. The molecule has 6 nitrogen and oxygen atoms in total. The fourth-order valence-electron chi connectivity index (χ4n) is 3.48. The highest BCUT2D eigenvalue weighted by atomic mass is 16.6. The molecule has 0 saturated carbocycles. The first-order valence-electron chi connectivity index (χ1n) is 7.96. The van der Waals surface area contributed by atoms with Gasteiger partial charge in [-0.05, 0) is 49.6 Å². The summed E-state index contributed by atoms with van der Waals surface area (Å²) in [7, 11) is 0. The fourth-order valence-corrected chi connectivity index (χ4v) is 3.48. The molecule has 0 spiro atoms. The SMILES string of the molecule is O=C(N[C@@H]1C[C@H]2CCN(C2)C1)c1ccc(Oc2cnco2)cc1. The van der Waals surface area contributed by atoms with E-state index >= 15 is 0 Å². The molecule has 2 aliphatic heterocycles. The van der Waals surface area contributed by atoms with Gasteiger partial charge in [0.15, 0.2) is 6.39 Å². The lowest BCUT2D eigenvalue weighted by atomic mass is 9.96. The second-order valence-electron chi connectivity index (χ2n) is 6.27. The molecule has 1 aromatic heterocycles. The van der Waals surface area contributed by atoms with Gasteiger partial charge in [0.2, 0.25) is 0 Å². The topological polar surface area (TPSA) is 67.6 Å². The predicted octanol–water partition coefficient (Wildman–Crippen LogP) is 2.29. The zero-order chi connectivity index (χ0) is 15.6. The van der Waals surface area contributed by atoms with E-state index in [0.29, 0.717) is 17.3 Å². The van der Waals surface area contributed by atoms with Crippen molar-refractivity contribution in [2.45, 2.75) is 18.9 Å². The molecule has 2 saturated heterocycles. The molecule has 1 amide bonds. The van der Waals surface area contributed by atoms with Crippen LogP contribution in [0.15, 0.2) is 41.3 Å². The minimum atomic E-state index is -0.0243. The van der Waals surface area contributed by atoms with Crippen LogP contribution in [-0.2, 0) is 0 Å². The molecule has 120 valence electrons. The van der Waals surface area contributed by atoms with Gasteiger partial charge < -0.3 is 19.4 Å². The van der Waals surface area contributed by atoms with Gasteiger partial charge in [-0.2, -0.15) is 0 Å². The van der Waals surface area contributed by atoms with Crippen LogP contribution < -0.4 is 10.1 Å². The van der Waals surface area contributed by atoms with Crippen LogP contribution in [0.1, 0.15) is 23.2 Å². The number of nitrogens with zero attached hydrogens (tertiary/aromatic N) is 2. The first-order valence-corrected chi connectivity index (χ1v) is 7.96. The molecule has 2 aliphatic rings. The molecule has 2 bridgehead atoms. The number of aromatic nitrogens is 1. The van der Waals surface area contributed by atoms with Gasteiger partial charge in [0.1, 0.15) is 11.9 Å². The molecule has 3 heterocycles. The van der Waals surface area contributed by atoms with E-state index in [4.69, 9.17) is 9.15 Å². The van der Waals surface area contributed by atoms with Crippen LogP contribution in [0.4, 0.5) is 0 Å². The molecule has 2 fully saturated rings. The smallest absolute Gasteiger partial charge is 0.310 e. The number of hydrogen-bond donors (Lipinski definition) is 1. The number of piperidine rings is 1. The largest absolute Gasteiger partial charge is 0.425 e. The van der Waals surface area contributed by atoms with Crippen molar-refractivity contribution in [1.29, 1.82) is 0 Å². The first kappa shape index (κ1) is 14.3. The number of benzene rings is 1. The van der Waals surface area contributed by atoms with Crippen molar-refractivity contribution < 1.29 is 13.9 Å². The van der Waals surface area contributed by atoms with Crippen molar-refractivity contribution in [2.24, 2.45) is 5.92 Å². The molecule has 23 heavy (non-hydrogen) atoms. The normalized spacial score (nSPS) is 26.0. The van der Waals surface area contributed by atoms with Crippen LogP contribution in [0.3, 0.4) is 0 Å². The van der Waals surface area contributed by atoms with Crippen LogP contribution >= 0.6 is 0 Å². The molecule has 3 atom stereocenters. The molecule has 6 heteroatoms. The second kappa shape index (κ2) is 6.04. The maximum Gasteiger partial charge on any atom is 0.310 e. The highest BCUT2D eigenvalue weighted by molar-refractivity contribution is 5.94. The highest BCUT2D eigenvalue weighted by Gasteiger charge is 2.32. The van der Waals surface area contributed by atoms with Crippen molar-refractivity contribution in [3.8, 4) is 11.7 Å². The molecule has 2 aromatic rings. The van der Waals surface area contributed by atoms with Crippen LogP contribution in [0.25, 0.3) is 0 Å². The maximum absolute atomic E-state index is 12.4. The summed E-state index contributed by atoms with van der Waals surface area (Å²) in [4.78, 5) is 18.6. The lowest BCUT2D eigenvalue weighted by molar-refractivity contribution is 0.0909. The Labute approximate surface area is 134 Å². The number of carbonyl (C=O) groups is 1. The second-order valence-corrected chi connectivity index (χ2v) is 6.27. The van der Waals surface area contributed by atoms with Crippen LogP contribution in [0.5, 0.6) is 11.7 Å². The van der Waals surface area contributed by atoms with Crippen molar-refractivity contribution in [1.82, 2.24) is 15.2 Å². The van der Waals surface area contributed by atoms with Gasteiger partial charge in [-0.25, -0.2) is 4.98 Å². The van der Waals surface area contributed by atoms with Crippen LogP contribution in [0, 0.1) is 5.92 Å². The zero-order valence-corrected chi connectivity index (χ0v) is 12.8. The van der Waals surface area contributed by atoms with Crippen molar-refractivity contribution in [2.75, 3.05) is 19.6 Å². The van der Waals surface area contributed by atoms with Gasteiger partial charge in [-0.15, -0.1) is 0 Å². The summed E-state index contributed by atoms with van der Waals surface area (Å²) < 4.78 is 10.5. The summed E-state index contributed by atoms with van der Waals surface area (Å²) in [6, 6.07) is 7.29. The van der Waals surface area contributed by atoms with Gasteiger partial charge in [-0.3, -0.25) is 4.79 Å². The number of ether oxygens (including phenoxy) is 1. The molecule has 0 radical (unpaired) electrons. The number of oxazole rings is 1. The summed E-state index contributed by atoms with van der Waals surface area (Å²) in [5, 5.41) is 3.15. The Morgan fingerprint density at radius 3 is 2.91 bits per heavy atom.